The molecule has 8 heteroatoms. The average Bonchev–Trinajstić information content (AvgIpc) is 3.30. The molecule has 1 saturated heterocycles. The summed E-state index contributed by atoms with van der Waals surface area (Å²) in [4.78, 5) is 15.7. The third kappa shape index (κ3) is 5.87. The van der Waals surface area contributed by atoms with Gasteiger partial charge in [-0.1, -0.05) is 13.0 Å². The highest BCUT2D eigenvalue weighted by Gasteiger charge is 2.27. The Balaban J connectivity index is 1.56. The number of piperidine rings is 1. The second-order valence-electron chi connectivity index (χ2n) is 10.3. The van der Waals surface area contributed by atoms with Crippen molar-refractivity contribution in [2.24, 2.45) is 0 Å². The summed E-state index contributed by atoms with van der Waals surface area (Å²) in [6.45, 7) is 9.39. The van der Waals surface area contributed by atoms with Gasteiger partial charge in [-0.15, -0.1) is 0 Å². The molecule has 2 N–H and O–H groups in total. The number of nitrogens with two attached hydrogens (primary N) is 1. The van der Waals surface area contributed by atoms with E-state index in [9.17, 15) is 4.39 Å². The van der Waals surface area contributed by atoms with Crippen LogP contribution in [0, 0.1) is 12.7 Å². The van der Waals surface area contributed by atoms with E-state index in [0.717, 1.165) is 74.6 Å². The van der Waals surface area contributed by atoms with Crippen molar-refractivity contribution >= 4 is 11.6 Å². The van der Waals surface area contributed by atoms with Crippen LogP contribution in [0.1, 0.15) is 42.5 Å². The highest BCUT2D eigenvalue weighted by molar-refractivity contribution is 5.65. The lowest BCUT2D eigenvalue weighted by molar-refractivity contribution is 0.345. The molecule has 4 rings (SSSR count). The van der Waals surface area contributed by atoms with Crippen molar-refractivity contribution in [3.05, 3.63) is 59.4 Å². The van der Waals surface area contributed by atoms with E-state index in [1.165, 1.54) is 5.69 Å². The van der Waals surface area contributed by atoms with Gasteiger partial charge < -0.3 is 25.0 Å². The van der Waals surface area contributed by atoms with Gasteiger partial charge in [0.05, 0.1) is 5.56 Å². The van der Waals surface area contributed by atoms with Gasteiger partial charge in [-0.3, -0.25) is 0 Å². The van der Waals surface area contributed by atoms with Crippen molar-refractivity contribution in [3.8, 4) is 11.1 Å². The Labute approximate surface area is 214 Å². The zero-order valence-electron chi connectivity index (χ0n) is 22.3. The van der Waals surface area contributed by atoms with Crippen molar-refractivity contribution in [3.63, 3.8) is 0 Å². The fourth-order valence-corrected chi connectivity index (χ4v) is 4.97. The summed E-state index contributed by atoms with van der Waals surface area (Å²) >= 11 is 0. The maximum absolute atomic E-state index is 13.9. The van der Waals surface area contributed by atoms with Crippen LogP contribution in [-0.2, 0) is 13.1 Å². The van der Waals surface area contributed by atoms with Crippen LogP contribution in [0.5, 0.6) is 0 Å². The number of hydrogen-bond acceptors (Lipinski definition) is 6. The highest BCUT2D eigenvalue weighted by atomic mass is 19.1. The Morgan fingerprint density at radius 1 is 1.08 bits per heavy atom. The maximum atomic E-state index is 13.9. The molecular formula is C28H40FN7. The number of halogens is 1. The topological polar surface area (TPSA) is 66.5 Å². The van der Waals surface area contributed by atoms with E-state index >= 15 is 0 Å². The first-order valence-corrected chi connectivity index (χ1v) is 12.9. The predicted octanol–water partition coefficient (Wildman–Crippen LogP) is 4.37. The Morgan fingerprint density at radius 2 is 1.83 bits per heavy atom. The second kappa shape index (κ2) is 11.4. The number of hydrogen-bond donors (Lipinski definition) is 1. The van der Waals surface area contributed by atoms with Crippen molar-refractivity contribution < 1.29 is 4.39 Å². The van der Waals surface area contributed by atoms with Crippen LogP contribution in [0.3, 0.4) is 0 Å². The van der Waals surface area contributed by atoms with E-state index in [4.69, 9.17) is 5.73 Å². The van der Waals surface area contributed by atoms with Gasteiger partial charge in [-0.25, -0.2) is 14.4 Å². The van der Waals surface area contributed by atoms with Crippen LogP contribution in [0.4, 0.5) is 16.0 Å². The Morgan fingerprint density at radius 3 is 2.50 bits per heavy atom. The molecule has 1 fully saturated rings. The smallest absolute Gasteiger partial charge is 0.138 e. The van der Waals surface area contributed by atoms with Crippen molar-refractivity contribution in [1.29, 1.82) is 0 Å². The lowest BCUT2D eigenvalue weighted by atomic mass is 9.92. The van der Waals surface area contributed by atoms with E-state index in [1.54, 1.807) is 12.4 Å². The molecule has 1 aromatic carbocycles. The van der Waals surface area contributed by atoms with Crippen LogP contribution in [0.25, 0.3) is 11.1 Å². The largest absolute Gasteiger partial charge is 0.383 e. The number of aromatic nitrogens is 3. The molecule has 0 saturated carbocycles. The summed E-state index contributed by atoms with van der Waals surface area (Å²) < 4.78 is 16.3. The monoisotopic (exact) mass is 493 g/mol. The molecule has 1 aliphatic rings. The lowest BCUT2D eigenvalue weighted by Crippen LogP contribution is -2.35. The van der Waals surface area contributed by atoms with Gasteiger partial charge in [0.25, 0.3) is 0 Å². The predicted molar refractivity (Wildman–Crippen MR) is 146 cm³/mol. The van der Waals surface area contributed by atoms with E-state index < -0.39 is 0 Å². The van der Waals surface area contributed by atoms with Crippen LogP contribution in [-0.4, -0.2) is 71.7 Å². The summed E-state index contributed by atoms with van der Waals surface area (Å²) in [6, 6.07) is 7.71. The number of rotatable bonds is 9. The molecule has 0 unspecified atom stereocenters. The van der Waals surface area contributed by atoms with E-state index in [0.29, 0.717) is 17.3 Å². The Bertz CT molecular complexity index is 1160. The van der Waals surface area contributed by atoms with Crippen LogP contribution >= 0.6 is 0 Å². The molecule has 194 valence electrons. The van der Waals surface area contributed by atoms with E-state index in [1.807, 2.05) is 19.1 Å². The summed E-state index contributed by atoms with van der Waals surface area (Å²) in [5.74, 6) is 1.83. The quantitative estimate of drug-likeness (QED) is 0.478. The first kappa shape index (κ1) is 26.1. The van der Waals surface area contributed by atoms with Gasteiger partial charge >= 0.3 is 0 Å². The van der Waals surface area contributed by atoms with Crippen molar-refractivity contribution in [2.45, 2.75) is 45.7 Å². The molecule has 3 heterocycles. The van der Waals surface area contributed by atoms with Gasteiger partial charge in [-0.2, -0.15) is 0 Å². The van der Waals surface area contributed by atoms with E-state index in [-0.39, 0.29) is 5.82 Å². The summed E-state index contributed by atoms with van der Waals surface area (Å²) in [6.07, 6.45) is 5.90. The minimum atomic E-state index is -0.159. The minimum absolute atomic E-state index is 0.159. The number of likely N-dealkylation sites (N-methyl/N-ethyl adjacent to an activating group) is 1. The Kier molecular flexibility index (Phi) is 8.26. The zero-order valence-corrected chi connectivity index (χ0v) is 22.3. The summed E-state index contributed by atoms with van der Waals surface area (Å²) in [5, 5.41) is 0. The number of nitrogen functional groups attached to an aromatic ring is 1. The highest BCUT2D eigenvalue weighted by Crippen LogP contribution is 2.35. The molecule has 0 bridgehead atoms. The fraction of sp³-hybridized carbons (Fsp3) is 0.500. The average molecular weight is 494 g/mol. The van der Waals surface area contributed by atoms with Crippen molar-refractivity contribution in [2.75, 3.05) is 58.0 Å². The van der Waals surface area contributed by atoms with Gasteiger partial charge in [0, 0.05) is 50.5 Å². The third-order valence-corrected chi connectivity index (χ3v) is 7.35. The van der Waals surface area contributed by atoms with E-state index in [2.05, 4.69) is 69.6 Å². The third-order valence-electron chi connectivity index (χ3n) is 7.35. The Hall–Kier alpha value is -2.97. The van der Waals surface area contributed by atoms with Crippen LogP contribution in [0.2, 0.25) is 0 Å². The molecule has 0 atom stereocenters. The molecule has 0 amide bonds. The van der Waals surface area contributed by atoms with Gasteiger partial charge in [0.1, 0.15) is 23.8 Å². The van der Waals surface area contributed by atoms with Crippen LogP contribution < -0.4 is 10.6 Å². The van der Waals surface area contributed by atoms with Crippen LogP contribution in [0.15, 0.2) is 36.8 Å². The maximum Gasteiger partial charge on any atom is 0.138 e. The molecule has 3 aromatic rings. The first-order valence-electron chi connectivity index (χ1n) is 12.9. The number of aryl methyl sites for hydroxylation is 1. The second-order valence-corrected chi connectivity index (χ2v) is 10.3. The summed E-state index contributed by atoms with van der Waals surface area (Å²) in [5.41, 5.74) is 11.5. The summed E-state index contributed by atoms with van der Waals surface area (Å²) in [7, 11) is 6.30. The van der Waals surface area contributed by atoms with Crippen molar-refractivity contribution in [1.82, 2.24) is 24.3 Å². The molecule has 7 nitrogen and oxygen atoms in total. The first-order chi connectivity index (χ1) is 17.3. The molecule has 1 aliphatic heterocycles. The molecule has 0 radical (unpaired) electrons. The molecule has 36 heavy (non-hydrogen) atoms. The lowest BCUT2D eigenvalue weighted by Gasteiger charge is -2.35. The minimum Gasteiger partial charge on any atom is -0.383 e. The normalized spacial score (nSPS) is 14.8. The zero-order chi connectivity index (χ0) is 25.8. The van der Waals surface area contributed by atoms with Gasteiger partial charge in [0.15, 0.2) is 0 Å². The molecular weight excluding hydrogens is 453 g/mol. The van der Waals surface area contributed by atoms with Gasteiger partial charge in [-0.05, 0) is 82.3 Å². The van der Waals surface area contributed by atoms with Gasteiger partial charge in [0.2, 0.25) is 0 Å². The standard InChI is InChI=1S/C28H40FN7/c1-6-34(5)18-24-27(30)31-19-32-28(24)35-11-9-21(10-12-35)26-16-23(17-36(26)14-13-33(3)4)22-7-8-25(29)20(2)15-22/h7-8,15-17,19,21H,6,9-14,18H2,1-5H3,(H2,30,31,32). The number of nitrogens with zero attached hydrogens (tertiary/aromatic N) is 6. The molecule has 0 spiro atoms. The molecule has 0 aliphatic carbocycles. The SMILES string of the molecule is CCN(C)Cc1c(N)ncnc1N1CCC(c2cc(-c3ccc(F)c(C)c3)cn2CCN(C)C)CC1. The number of benzene rings is 1. The fourth-order valence-electron chi connectivity index (χ4n) is 4.97. The number of anilines is 2. The molecule has 2 aromatic heterocycles.